The smallest absolute Gasteiger partial charge is 0.277 e. The van der Waals surface area contributed by atoms with Crippen LogP contribution in [-0.2, 0) is 9.59 Å². The number of hydrogen-bond donors (Lipinski definition) is 2. The fourth-order valence-corrected chi connectivity index (χ4v) is 2.25. The van der Waals surface area contributed by atoms with E-state index >= 15 is 0 Å². The summed E-state index contributed by atoms with van der Waals surface area (Å²) in [6.45, 7) is 1.78. The van der Waals surface area contributed by atoms with Crippen LogP contribution in [0.4, 0.5) is 4.79 Å². The van der Waals surface area contributed by atoms with E-state index in [9.17, 15) is 14.4 Å². The van der Waals surface area contributed by atoms with Crippen LogP contribution in [0.2, 0.25) is 0 Å². The largest absolute Gasteiger partial charge is 0.328 e. The van der Waals surface area contributed by atoms with Gasteiger partial charge in [-0.3, -0.25) is 20.2 Å². The molecule has 0 saturated carbocycles. The molecular weight excluding hydrogens is 335 g/mol. The standard InChI is InChI=1S/C11H15IN2O3/c1-2-11(6-4-3-5-7-12)8(15)13-10(17)14-9(11)16/h5,7H,2-4,6H2,1H3,(H2,13,14,15,16,17)/b7-5+. The summed E-state index contributed by atoms with van der Waals surface area (Å²) >= 11 is 2.12. The van der Waals surface area contributed by atoms with E-state index in [1.165, 1.54) is 0 Å². The Bertz CT molecular complexity index is 346. The fourth-order valence-electron chi connectivity index (χ4n) is 1.89. The summed E-state index contributed by atoms with van der Waals surface area (Å²) in [4.78, 5) is 34.6. The van der Waals surface area contributed by atoms with Crippen LogP contribution in [-0.4, -0.2) is 17.8 Å². The lowest BCUT2D eigenvalue weighted by Gasteiger charge is -2.32. The van der Waals surface area contributed by atoms with E-state index in [4.69, 9.17) is 0 Å². The van der Waals surface area contributed by atoms with Gasteiger partial charge in [0.05, 0.1) is 0 Å². The highest BCUT2D eigenvalue weighted by molar-refractivity contribution is 14.1. The van der Waals surface area contributed by atoms with Crippen LogP contribution < -0.4 is 10.6 Å². The van der Waals surface area contributed by atoms with Crippen LogP contribution in [0, 0.1) is 5.41 Å². The third-order valence-corrected chi connectivity index (χ3v) is 3.50. The Morgan fingerprint density at radius 1 is 1.24 bits per heavy atom. The van der Waals surface area contributed by atoms with Crippen molar-refractivity contribution < 1.29 is 14.4 Å². The summed E-state index contributed by atoms with van der Waals surface area (Å²) in [5, 5.41) is 4.33. The first-order valence-corrected chi connectivity index (χ1v) is 6.73. The molecule has 17 heavy (non-hydrogen) atoms. The van der Waals surface area contributed by atoms with Crippen LogP contribution in [0.1, 0.15) is 32.6 Å². The van der Waals surface area contributed by atoms with Gasteiger partial charge in [-0.1, -0.05) is 35.6 Å². The van der Waals surface area contributed by atoms with E-state index in [-0.39, 0.29) is 0 Å². The Morgan fingerprint density at radius 3 is 2.29 bits per heavy atom. The number of hydrogen-bond acceptors (Lipinski definition) is 3. The molecule has 0 aromatic rings. The molecule has 1 rings (SSSR count). The molecule has 0 aliphatic carbocycles. The normalized spacial score (nSPS) is 19.3. The van der Waals surface area contributed by atoms with Crippen molar-refractivity contribution in [2.24, 2.45) is 5.41 Å². The molecule has 0 aromatic heterocycles. The molecule has 1 saturated heterocycles. The first-order valence-electron chi connectivity index (χ1n) is 5.49. The average Bonchev–Trinajstić information content (AvgIpc) is 2.27. The van der Waals surface area contributed by atoms with Gasteiger partial charge in [-0.05, 0) is 29.8 Å². The van der Waals surface area contributed by atoms with E-state index in [2.05, 4.69) is 33.2 Å². The Morgan fingerprint density at radius 2 is 1.82 bits per heavy atom. The Labute approximate surface area is 114 Å². The molecule has 1 heterocycles. The number of unbranched alkanes of at least 4 members (excludes halogenated alkanes) is 1. The van der Waals surface area contributed by atoms with Gasteiger partial charge in [-0.25, -0.2) is 4.79 Å². The van der Waals surface area contributed by atoms with Crippen LogP contribution in [0.15, 0.2) is 10.2 Å². The zero-order valence-electron chi connectivity index (χ0n) is 9.59. The number of barbiturate groups is 1. The second-order valence-corrected chi connectivity index (χ2v) is 4.65. The molecule has 0 aromatic carbocycles. The topological polar surface area (TPSA) is 75.3 Å². The minimum absolute atomic E-state index is 0.395. The lowest BCUT2D eigenvalue weighted by atomic mass is 9.77. The molecule has 0 bridgehead atoms. The van der Waals surface area contributed by atoms with E-state index in [1.807, 2.05) is 10.2 Å². The van der Waals surface area contributed by atoms with E-state index in [0.29, 0.717) is 12.8 Å². The molecule has 0 unspecified atom stereocenters. The molecule has 5 nitrogen and oxygen atoms in total. The minimum Gasteiger partial charge on any atom is -0.277 e. The molecule has 1 aliphatic heterocycles. The maximum Gasteiger partial charge on any atom is 0.328 e. The van der Waals surface area contributed by atoms with E-state index in [1.54, 1.807) is 6.92 Å². The molecule has 0 radical (unpaired) electrons. The van der Waals surface area contributed by atoms with Crippen molar-refractivity contribution in [2.75, 3.05) is 0 Å². The number of allylic oxidation sites excluding steroid dienone is 1. The summed E-state index contributed by atoms with van der Waals surface area (Å²) < 4.78 is 1.90. The number of halogens is 1. The van der Waals surface area contributed by atoms with Gasteiger partial charge in [-0.15, -0.1) is 0 Å². The van der Waals surface area contributed by atoms with E-state index < -0.39 is 23.3 Å². The van der Waals surface area contributed by atoms with Gasteiger partial charge >= 0.3 is 6.03 Å². The molecule has 1 aliphatic rings. The molecule has 0 atom stereocenters. The lowest BCUT2D eigenvalue weighted by molar-refractivity contribution is -0.145. The van der Waals surface area contributed by atoms with Crippen LogP contribution in [0.25, 0.3) is 0 Å². The Kier molecular flexibility index (Phi) is 5.10. The first kappa shape index (κ1) is 14.1. The SMILES string of the molecule is CCC1(CCC/C=C/I)C(=O)NC(=O)NC1=O. The van der Waals surface area contributed by atoms with Gasteiger partial charge in [0.15, 0.2) is 0 Å². The number of imide groups is 2. The summed E-state index contributed by atoms with van der Waals surface area (Å²) in [6.07, 6.45) is 4.39. The van der Waals surface area contributed by atoms with Crippen LogP contribution >= 0.6 is 22.6 Å². The predicted molar refractivity (Wildman–Crippen MR) is 71.4 cm³/mol. The average molecular weight is 350 g/mol. The van der Waals surface area contributed by atoms with Crippen LogP contribution in [0.3, 0.4) is 0 Å². The molecule has 2 N–H and O–H groups in total. The highest BCUT2D eigenvalue weighted by atomic mass is 127. The summed E-state index contributed by atoms with van der Waals surface area (Å²) in [5.74, 6) is -0.959. The van der Waals surface area contributed by atoms with Gasteiger partial charge in [0.2, 0.25) is 11.8 Å². The number of carbonyl (C=O) groups is 3. The number of nitrogens with one attached hydrogen (secondary N) is 2. The first-order chi connectivity index (χ1) is 8.06. The van der Waals surface area contributed by atoms with E-state index in [0.717, 1.165) is 12.8 Å². The molecule has 4 amide bonds. The molecule has 0 spiro atoms. The second kappa shape index (κ2) is 6.13. The van der Waals surface area contributed by atoms with Crippen LogP contribution in [0.5, 0.6) is 0 Å². The monoisotopic (exact) mass is 350 g/mol. The summed E-state index contributed by atoms with van der Waals surface area (Å²) in [6, 6.07) is -0.726. The quantitative estimate of drug-likeness (QED) is 0.452. The van der Waals surface area contributed by atoms with Crippen molar-refractivity contribution >= 4 is 40.4 Å². The zero-order valence-corrected chi connectivity index (χ0v) is 11.7. The number of amides is 4. The molecular formula is C11H15IN2O3. The third-order valence-electron chi connectivity index (χ3n) is 2.99. The van der Waals surface area contributed by atoms with Gasteiger partial charge < -0.3 is 0 Å². The van der Waals surface area contributed by atoms with Crippen molar-refractivity contribution in [2.45, 2.75) is 32.6 Å². The van der Waals surface area contributed by atoms with Gasteiger partial charge in [0.25, 0.3) is 0 Å². The Hall–Kier alpha value is -0.920. The minimum atomic E-state index is -1.09. The summed E-state index contributed by atoms with van der Waals surface area (Å²) in [5.41, 5.74) is -1.09. The molecule has 94 valence electrons. The number of rotatable bonds is 5. The molecule has 6 heteroatoms. The van der Waals surface area contributed by atoms with Crippen molar-refractivity contribution in [3.63, 3.8) is 0 Å². The van der Waals surface area contributed by atoms with Gasteiger partial charge in [0, 0.05) is 0 Å². The van der Waals surface area contributed by atoms with Crippen molar-refractivity contribution in [3.05, 3.63) is 10.2 Å². The maximum absolute atomic E-state index is 11.8. The molecule has 1 fully saturated rings. The van der Waals surface area contributed by atoms with Crippen molar-refractivity contribution in [1.82, 2.24) is 10.6 Å². The lowest BCUT2D eigenvalue weighted by Crippen LogP contribution is -2.62. The van der Waals surface area contributed by atoms with Gasteiger partial charge in [0.1, 0.15) is 5.41 Å². The van der Waals surface area contributed by atoms with Crippen molar-refractivity contribution in [1.29, 1.82) is 0 Å². The number of urea groups is 1. The van der Waals surface area contributed by atoms with Gasteiger partial charge in [-0.2, -0.15) is 0 Å². The Balaban J connectivity index is 2.75. The van der Waals surface area contributed by atoms with Crippen molar-refractivity contribution in [3.8, 4) is 0 Å². The number of carbonyl (C=O) groups excluding carboxylic acids is 3. The third kappa shape index (κ3) is 3.05. The highest BCUT2D eigenvalue weighted by Crippen LogP contribution is 2.31. The highest BCUT2D eigenvalue weighted by Gasteiger charge is 2.48. The fraction of sp³-hybridized carbons (Fsp3) is 0.545. The maximum atomic E-state index is 11.8. The predicted octanol–water partition coefficient (Wildman–Crippen LogP) is 1.87. The second-order valence-electron chi connectivity index (χ2n) is 3.93. The summed E-state index contributed by atoms with van der Waals surface area (Å²) in [7, 11) is 0. The zero-order chi connectivity index (χ0) is 12.9.